The number of hydrogen-bond donors (Lipinski definition) is 1. The van der Waals surface area contributed by atoms with Gasteiger partial charge in [-0.3, -0.25) is 4.79 Å². The molecule has 0 atom stereocenters. The third-order valence-corrected chi connectivity index (χ3v) is 2.65. The van der Waals surface area contributed by atoms with Crippen LogP contribution < -0.4 is 5.32 Å². The van der Waals surface area contributed by atoms with E-state index in [1.807, 2.05) is 13.8 Å². The Morgan fingerprint density at radius 3 is 2.80 bits per heavy atom. The van der Waals surface area contributed by atoms with Crippen LogP contribution >= 0.6 is 27.5 Å². The first kappa shape index (κ1) is 12.2. The second-order valence-electron chi connectivity index (χ2n) is 3.19. The van der Waals surface area contributed by atoms with Crippen molar-refractivity contribution in [3.05, 3.63) is 33.4 Å². The molecule has 0 spiro atoms. The smallest absolute Gasteiger partial charge is 0.249 e. The van der Waals surface area contributed by atoms with E-state index in [0.717, 1.165) is 5.57 Å². The second-order valence-corrected chi connectivity index (χ2v) is 4.46. The summed E-state index contributed by atoms with van der Waals surface area (Å²) < 4.78 is 0.698. The molecule has 1 amide bonds. The molecular weight excluding hydrogens is 279 g/mol. The lowest BCUT2D eigenvalue weighted by Gasteiger charge is -2.02. The van der Waals surface area contributed by atoms with Crippen LogP contribution in [0.5, 0.6) is 0 Å². The molecule has 5 heteroatoms. The van der Waals surface area contributed by atoms with Gasteiger partial charge in [0.1, 0.15) is 5.82 Å². The molecule has 0 bridgehead atoms. The van der Waals surface area contributed by atoms with Gasteiger partial charge >= 0.3 is 0 Å². The molecule has 1 heterocycles. The van der Waals surface area contributed by atoms with E-state index in [2.05, 4.69) is 26.2 Å². The standard InChI is InChI=1S/C10H10BrClN2O/c1-6(2)3-10(15)14-9-4-8(12)7(11)5-13-9/h3-5H,1-2H3,(H,13,14,15). The predicted molar refractivity (Wildman–Crippen MR) is 65.0 cm³/mol. The first-order chi connectivity index (χ1) is 6.99. The summed E-state index contributed by atoms with van der Waals surface area (Å²) in [5.41, 5.74) is 0.927. The average Bonchev–Trinajstić information content (AvgIpc) is 2.10. The largest absolute Gasteiger partial charge is 0.307 e. The highest BCUT2D eigenvalue weighted by atomic mass is 79.9. The van der Waals surface area contributed by atoms with Gasteiger partial charge in [0.25, 0.3) is 0 Å². The molecule has 3 nitrogen and oxygen atoms in total. The SMILES string of the molecule is CC(C)=CC(=O)Nc1cc(Cl)c(Br)cn1. The fourth-order valence-corrected chi connectivity index (χ4v) is 1.28. The summed E-state index contributed by atoms with van der Waals surface area (Å²) in [5.74, 6) is 0.228. The number of allylic oxidation sites excluding steroid dienone is 1. The predicted octanol–water partition coefficient (Wildman–Crippen LogP) is 3.40. The molecule has 1 rings (SSSR count). The van der Waals surface area contributed by atoms with E-state index in [1.165, 1.54) is 6.08 Å². The van der Waals surface area contributed by atoms with Crippen LogP contribution in [0.25, 0.3) is 0 Å². The van der Waals surface area contributed by atoms with Gasteiger partial charge in [-0.2, -0.15) is 0 Å². The number of rotatable bonds is 2. The topological polar surface area (TPSA) is 42.0 Å². The first-order valence-electron chi connectivity index (χ1n) is 4.26. The van der Waals surface area contributed by atoms with Crippen molar-refractivity contribution in [3.63, 3.8) is 0 Å². The van der Waals surface area contributed by atoms with E-state index in [1.54, 1.807) is 12.3 Å². The first-order valence-corrected chi connectivity index (χ1v) is 5.43. The zero-order valence-corrected chi connectivity index (χ0v) is 10.7. The maximum Gasteiger partial charge on any atom is 0.249 e. The fraction of sp³-hybridized carbons (Fsp3) is 0.200. The molecular formula is C10H10BrClN2O. The van der Waals surface area contributed by atoms with E-state index < -0.39 is 0 Å². The number of carbonyl (C=O) groups excluding carboxylic acids is 1. The Labute approximate surface area is 102 Å². The number of nitrogens with one attached hydrogen (secondary N) is 1. The number of pyridine rings is 1. The van der Waals surface area contributed by atoms with Crippen LogP contribution in [0, 0.1) is 0 Å². The minimum atomic E-state index is -0.208. The van der Waals surface area contributed by atoms with Crippen LogP contribution in [0.2, 0.25) is 5.02 Å². The average molecular weight is 290 g/mol. The molecule has 1 aromatic heterocycles. The van der Waals surface area contributed by atoms with Crippen molar-refractivity contribution in [3.8, 4) is 0 Å². The molecule has 80 valence electrons. The van der Waals surface area contributed by atoms with E-state index in [4.69, 9.17) is 11.6 Å². The Morgan fingerprint density at radius 2 is 2.27 bits per heavy atom. The summed E-state index contributed by atoms with van der Waals surface area (Å²) in [6, 6.07) is 1.59. The number of halogens is 2. The van der Waals surface area contributed by atoms with Gasteiger partial charge in [-0.15, -0.1) is 0 Å². The monoisotopic (exact) mass is 288 g/mol. The highest BCUT2D eigenvalue weighted by molar-refractivity contribution is 9.10. The number of nitrogens with zero attached hydrogens (tertiary/aromatic N) is 1. The third-order valence-electron chi connectivity index (χ3n) is 1.48. The van der Waals surface area contributed by atoms with Gasteiger partial charge in [0.2, 0.25) is 5.91 Å². The van der Waals surface area contributed by atoms with Crippen molar-refractivity contribution in [2.24, 2.45) is 0 Å². The van der Waals surface area contributed by atoms with Gasteiger partial charge in [0.05, 0.1) is 9.50 Å². The minimum Gasteiger partial charge on any atom is -0.307 e. The Hall–Kier alpha value is -0.870. The van der Waals surface area contributed by atoms with Gasteiger partial charge < -0.3 is 5.32 Å². The third kappa shape index (κ3) is 4.01. The molecule has 15 heavy (non-hydrogen) atoms. The molecule has 0 saturated heterocycles. The Kier molecular flexibility index (Phi) is 4.29. The molecule has 0 aromatic carbocycles. The molecule has 0 aliphatic carbocycles. The van der Waals surface area contributed by atoms with Crippen LogP contribution in [0.15, 0.2) is 28.4 Å². The summed E-state index contributed by atoms with van der Waals surface area (Å²) in [7, 11) is 0. The zero-order chi connectivity index (χ0) is 11.4. The molecule has 0 unspecified atom stereocenters. The molecule has 0 radical (unpaired) electrons. The molecule has 0 aliphatic heterocycles. The molecule has 1 N–H and O–H groups in total. The highest BCUT2D eigenvalue weighted by Gasteiger charge is 2.02. The molecule has 0 aliphatic rings. The normalized spacial score (nSPS) is 9.60. The number of amides is 1. The van der Waals surface area contributed by atoms with Crippen molar-refractivity contribution in [2.45, 2.75) is 13.8 Å². The van der Waals surface area contributed by atoms with E-state index in [-0.39, 0.29) is 5.91 Å². The van der Waals surface area contributed by atoms with Crippen molar-refractivity contribution in [1.82, 2.24) is 4.98 Å². The fourth-order valence-electron chi connectivity index (χ4n) is 0.907. The van der Waals surface area contributed by atoms with Crippen LogP contribution in [0.4, 0.5) is 5.82 Å². The molecule has 0 fully saturated rings. The van der Waals surface area contributed by atoms with Gasteiger partial charge in [-0.1, -0.05) is 17.2 Å². The summed E-state index contributed by atoms with van der Waals surface area (Å²) in [5, 5.41) is 3.12. The summed E-state index contributed by atoms with van der Waals surface area (Å²) in [6.45, 7) is 3.70. The number of aromatic nitrogens is 1. The van der Waals surface area contributed by atoms with Gasteiger partial charge in [0, 0.05) is 18.3 Å². The number of hydrogen-bond acceptors (Lipinski definition) is 2. The maximum absolute atomic E-state index is 11.3. The van der Waals surface area contributed by atoms with Crippen LogP contribution in [-0.4, -0.2) is 10.9 Å². The van der Waals surface area contributed by atoms with Crippen LogP contribution in [0.1, 0.15) is 13.8 Å². The minimum absolute atomic E-state index is 0.208. The van der Waals surface area contributed by atoms with Crippen molar-refractivity contribution < 1.29 is 4.79 Å². The Balaban J connectivity index is 2.78. The Bertz CT molecular complexity index is 414. The van der Waals surface area contributed by atoms with Crippen molar-refractivity contribution in [1.29, 1.82) is 0 Å². The van der Waals surface area contributed by atoms with Crippen molar-refractivity contribution in [2.75, 3.05) is 5.32 Å². The van der Waals surface area contributed by atoms with Crippen LogP contribution in [-0.2, 0) is 4.79 Å². The van der Waals surface area contributed by atoms with E-state index in [9.17, 15) is 4.79 Å². The second kappa shape index (κ2) is 5.28. The maximum atomic E-state index is 11.3. The summed E-state index contributed by atoms with van der Waals surface area (Å²) >= 11 is 9.07. The summed E-state index contributed by atoms with van der Waals surface area (Å²) in [6.07, 6.45) is 3.04. The van der Waals surface area contributed by atoms with Crippen molar-refractivity contribution >= 4 is 39.3 Å². The lowest BCUT2D eigenvalue weighted by atomic mass is 10.3. The quantitative estimate of drug-likeness (QED) is 0.848. The van der Waals surface area contributed by atoms with E-state index in [0.29, 0.717) is 15.3 Å². The zero-order valence-electron chi connectivity index (χ0n) is 8.34. The highest BCUT2D eigenvalue weighted by Crippen LogP contribution is 2.23. The van der Waals surface area contributed by atoms with Crippen LogP contribution in [0.3, 0.4) is 0 Å². The van der Waals surface area contributed by atoms with Gasteiger partial charge in [-0.05, 0) is 29.8 Å². The van der Waals surface area contributed by atoms with Gasteiger partial charge in [-0.25, -0.2) is 4.98 Å². The number of carbonyl (C=O) groups is 1. The lowest BCUT2D eigenvalue weighted by Crippen LogP contribution is -2.09. The summed E-state index contributed by atoms with van der Waals surface area (Å²) in [4.78, 5) is 15.3. The lowest BCUT2D eigenvalue weighted by molar-refractivity contribution is -0.112. The van der Waals surface area contributed by atoms with Gasteiger partial charge in [0.15, 0.2) is 0 Å². The number of anilines is 1. The molecule has 0 saturated carbocycles. The molecule has 1 aromatic rings. The Morgan fingerprint density at radius 1 is 1.60 bits per heavy atom. The van der Waals surface area contributed by atoms with E-state index >= 15 is 0 Å².